The lowest BCUT2D eigenvalue weighted by atomic mass is 10.00. The maximum Gasteiger partial charge on any atom is 0.253 e. The highest BCUT2D eigenvalue weighted by atomic mass is 16.5. The molecule has 1 aliphatic rings. The van der Waals surface area contributed by atoms with E-state index in [9.17, 15) is 4.79 Å². The van der Waals surface area contributed by atoms with E-state index in [-0.39, 0.29) is 12.0 Å². The Bertz CT molecular complexity index is 939. The summed E-state index contributed by atoms with van der Waals surface area (Å²) >= 11 is 0. The van der Waals surface area contributed by atoms with Crippen molar-refractivity contribution >= 4 is 11.9 Å². The monoisotopic (exact) mass is 422 g/mol. The minimum Gasteiger partial charge on any atom is -0.370 e. The van der Waals surface area contributed by atoms with Crippen molar-refractivity contribution in [1.82, 2.24) is 15.1 Å². The molecule has 6 nitrogen and oxygen atoms in total. The number of aliphatic imine (C=N–C) groups is 1. The van der Waals surface area contributed by atoms with Gasteiger partial charge in [-0.25, -0.2) is 0 Å². The third kappa shape index (κ3) is 5.85. The Morgan fingerprint density at radius 1 is 1.23 bits per heavy atom. The highest BCUT2D eigenvalue weighted by Crippen LogP contribution is 2.25. The van der Waals surface area contributed by atoms with E-state index in [0.29, 0.717) is 6.61 Å². The molecule has 0 saturated carbocycles. The molecular weight excluding hydrogens is 388 g/mol. The van der Waals surface area contributed by atoms with Crippen LogP contribution in [0.15, 0.2) is 47.5 Å². The fourth-order valence-electron chi connectivity index (χ4n) is 3.99. The molecule has 1 N–H and O–H groups in total. The van der Waals surface area contributed by atoms with Gasteiger partial charge < -0.3 is 19.9 Å². The van der Waals surface area contributed by atoms with Crippen molar-refractivity contribution in [2.75, 3.05) is 47.4 Å². The summed E-state index contributed by atoms with van der Waals surface area (Å²) in [6, 6.07) is 14.4. The molecule has 6 heteroatoms. The van der Waals surface area contributed by atoms with Crippen LogP contribution in [0, 0.1) is 13.8 Å². The fraction of sp³-hybridized carbons (Fsp3) is 0.440. The van der Waals surface area contributed by atoms with Gasteiger partial charge in [0, 0.05) is 39.8 Å². The number of nitrogens with one attached hydrogen (secondary N) is 1. The number of amides is 1. The predicted molar refractivity (Wildman–Crippen MR) is 126 cm³/mol. The highest BCUT2D eigenvalue weighted by Gasteiger charge is 2.25. The zero-order valence-electron chi connectivity index (χ0n) is 19.3. The average Bonchev–Trinajstić information content (AvgIpc) is 2.76. The van der Waals surface area contributed by atoms with Crippen LogP contribution in [0.3, 0.4) is 0 Å². The number of ether oxygens (including phenoxy) is 1. The van der Waals surface area contributed by atoms with E-state index in [2.05, 4.69) is 53.3 Å². The number of guanidine groups is 1. The Hall–Kier alpha value is -2.86. The van der Waals surface area contributed by atoms with Gasteiger partial charge in [0.25, 0.3) is 5.91 Å². The van der Waals surface area contributed by atoms with Gasteiger partial charge in [-0.1, -0.05) is 35.9 Å². The molecule has 0 aromatic heterocycles. The summed E-state index contributed by atoms with van der Waals surface area (Å²) in [6.07, 6.45) is 0.861. The SMILES string of the molecule is CN=C(NCCc1cccc(C(=O)N(C)C)c1)N1CCOC(c2ccc(C)cc2C)C1. The number of carbonyl (C=O) groups excluding carboxylic acids is 1. The highest BCUT2D eigenvalue weighted by molar-refractivity contribution is 5.94. The first-order valence-electron chi connectivity index (χ1n) is 10.8. The van der Waals surface area contributed by atoms with Gasteiger partial charge >= 0.3 is 0 Å². The van der Waals surface area contributed by atoms with Crippen LogP contribution < -0.4 is 5.32 Å². The number of rotatable bonds is 5. The van der Waals surface area contributed by atoms with Gasteiger partial charge in [-0.05, 0) is 49.1 Å². The lowest BCUT2D eigenvalue weighted by Gasteiger charge is -2.36. The minimum absolute atomic E-state index is 0.0244. The van der Waals surface area contributed by atoms with E-state index in [0.717, 1.165) is 43.1 Å². The van der Waals surface area contributed by atoms with Crippen LogP contribution >= 0.6 is 0 Å². The van der Waals surface area contributed by atoms with Crippen LogP contribution in [-0.4, -0.2) is 69.1 Å². The van der Waals surface area contributed by atoms with Gasteiger partial charge in [-0.2, -0.15) is 0 Å². The van der Waals surface area contributed by atoms with Crippen molar-refractivity contribution < 1.29 is 9.53 Å². The quantitative estimate of drug-likeness (QED) is 0.594. The number of aryl methyl sites for hydroxylation is 2. The number of morpholine rings is 1. The van der Waals surface area contributed by atoms with Crippen molar-refractivity contribution in [3.05, 3.63) is 70.3 Å². The molecule has 3 rings (SSSR count). The molecule has 2 aromatic carbocycles. The van der Waals surface area contributed by atoms with E-state index in [1.54, 1.807) is 19.0 Å². The maximum atomic E-state index is 12.2. The topological polar surface area (TPSA) is 57.2 Å². The van der Waals surface area contributed by atoms with Crippen LogP contribution in [-0.2, 0) is 11.2 Å². The summed E-state index contributed by atoms with van der Waals surface area (Å²) < 4.78 is 6.08. The molecule has 0 bridgehead atoms. The molecule has 1 saturated heterocycles. The van der Waals surface area contributed by atoms with Gasteiger partial charge in [0.2, 0.25) is 0 Å². The van der Waals surface area contributed by atoms with Crippen molar-refractivity contribution in [3.8, 4) is 0 Å². The van der Waals surface area contributed by atoms with Crippen LogP contribution in [0.2, 0.25) is 0 Å². The van der Waals surface area contributed by atoms with E-state index in [1.165, 1.54) is 16.7 Å². The Balaban J connectivity index is 1.59. The molecule has 1 aliphatic heterocycles. The number of nitrogens with zero attached hydrogens (tertiary/aromatic N) is 3. The molecule has 1 amide bonds. The number of benzene rings is 2. The van der Waals surface area contributed by atoms with E-state index >= 15 is 0 Å². The molecule has 0 radical (unpaired) electrons. The minimum atomic E-state index is 0.0244. The van der Waals surface area contributed by atoms with Crippen molar-refractivity contribution in [1.29, 1.82) is 0 Å². The summed E-state index contributed by atoms with van der Waals surface area (Å²) in [5.41, 5.74) is 5.62. The maximum absolute atomic E-state index is 12.2. The molecular formula is C25H34N4O2. The number of hydrogen-bond acceptors (Lipinski definition) is 3. The predicted octanol–water partition coefficient (Wildman–Crippen LogP) is 3.20. The summed E-state index contributed by atoms with van der Waals surface area (Å²) in [6.45, 7) is 7.27. The van der Waals surface area contributed by atoms with Gasteiger partial charge in [0.05, 0.1) is 13.2 Å². The van der Waals surface area contributed by atoms with Crippen molar-refractivity contribution in [3.63, 3.8) is 0 Å². The third-order valence-electron chi connectivity index (χ3n) is 5.63. The summed E-state index contributed by atoms with van der Waals surface area (Å²) in [7, 11) is 5.36. The number of carbonyl (C=O) groups is 1. The zero-order chi connectivity index (χ0) is 22.4. The van der Waals surface area contributed by atoms with E-state index < -0.39 is 0 Å². The third-order valence-corrected chi connectivity index (χ3v) is 5.63. The van der Waals surface area contributed by atoms with Gasteiger partial charge in [0.15, 0.2) is 5.96 Å². The van der Waals surface area contributed by atoms with E-state index in [1.807, 2.05) is 25.2 Å². The lowest BCUT2D eigenvalue weighted by molar-refractivity contribution is -0.00830. The molecule has 0 spiro atoms. The Labute approximate surface area is 185 Å². The first-order chi connectivity index (χ1) is 14.9. The van der Waals surface area contributed by atoms with Gasteiger partial charge in [0.1, 0.15) is 6.10 Å². The van der Waals surface area contributed by atoms with Crippen LogP contribution in [0.1, 0.15) is 38.7 Å². The summed E-state index contributed by atoms with van der Waals surface area (Å²) in [4.78, 5) is 20.6. The van der Waals surface area contributed by atoms with Gasteiger partial charge in [-0.15, -0.1) is 0 Å². The zero-order valence-corrected chi connectivity index (χ0v) is 19.3. The number of hydrogen-bond donors (Lipinski definition) is 1. The Morgan fingerprint density at radius 2 is 2.03 bits per heavy atom. The first-order valence-corrected chi connectivity index (χ1v) is 10.8. The van der Waals surface area contributed by atoms with Crippen LogP contribution in [0.25, 0.3) is 0 Å². The Kier molecular flexibility index (Phi) is 7.69. The van der Waals surface area contributed by atoms with Crippen molar-refractivity contribution in [2.45, 2.75) is 26.4 Å². The van der Waals surface area contributed by atoms with Crippen molar-refractivity contribution in [2.24, 2.45) is 4.99 Å². The van der Waals surface area contributed by atoms with Gasteiger partial charge in [-0.3, -0.25) is 9.79 Å². The Morgan fingerprint density at radius 3 is 2.74 bits per heavy atom. The molecule has 0 aliphatic carbocycles. The summed E-state index contributed by atoms with van der Waals surface area (Å²) in [5.74, 6) is 0.912. The lowest BCUT2D eigenvalue weighted by Crippen LogP contribution is -2.48. The molecule has 1 atom stereocenters. The normalized spacial score (nSPS) is 16.9. The molecule has 166 valence electrons. The smallest absolute Gasteiger partial charge is 0.253 e. The fourth-order valence-corrected chi connectivity index (χ4v) is 3.99. The molecule has 31 heavy (non-hydrogen) atoms. The molecule has 1 heterocycles. The van der Waals surface area contributed by atoms with Crippen LogP contribution in [0.5, 0.6) is 0 Å². The second kappa shape index (κ2) is 10.4. The second-order valence-electron chi connectivity index (χ2n) is 8.29. The second-order valence-corrected chi connectivity index (χ2v) is 8.29. The standard InChI is InChI=1S/C25H34N4O2/c1-18-9-10-22(19(2)15-18)23-17-29(13-14-31-23)25(26-3)27-12-11-20-7-6-8-21(16-20)24(30)28(4)5/h6-10,15-16,23H,11-14,17H2,1-5H3,(H,26,27). The van der Waals surface area contributed by atoms with Crippen LogP contribution in [0.4, 0.5) is 0 Å². The van der Waals surface area contributed by atoms with E-state index in [4.69, 9.17) is 4.74 Å². The molecule has 1 unspecified atom stereocenters. The molecule has 2 aromatic rings. The average molecular weight is 423 g/mol. The largest absolute Gasteiger partial charge is 0.370 e. The molecule has 1 fully saturated rings. The first kappa shape index (κ1) is 22.8. The summed E-state index contributed by atoms with van der Waals surface area (Å²) in [5, 5.41) is 3.48.